The molecule has 0 radical (unpaired) electrons. The smallest absolute Gasteiger partial charge is 0.163 e. The maximum atomic E-state index is 11.7. The highest BCUT2D eigenvalue weighted by atomic mass is 16.5. The van der Waals surface area contributed by atoms with Crippen molar-refractivity contribution < 1.29 is 14.3 Å². The average Bonchev–Trinajstić information content (AvgIpc) is 2.48. The Labute approximate surface area is 146 Å². The molecule has 4 nitrogen and oxygen atoms in total. The van der Waals surface area contributed by atoms with Gasteiger partial charge < -0.3 is 14.8 Å². The molecule has 0 saturated heterocycles. The molecule has 0 spiro atoms. The number of rotatable bonds is 11. The van der Waals surface area contributed by atoms with Gasteiger partial charge in [0.15, 0.2) is 5.78 Å². The first kappa shape index (κ1) is 20.5. The lowest BCUT2D eigenvalue weighted by Crippen LogP contribution is -2.25. The van der Waals surface area contributed by atoms with Crippen LogP contribution in [0.5, 0.6) is 5.75 Å². The van der Waals surface area contributed by atoms with Gasteiger partial charge in [-0.15, -0.1) is 0 Å². The second-order valence-electron chi connectivity index (χ2n) is 7.46. The number of carbonyl (C=O) groups is 1. The lowest BCUT2D eigenvalue weighted by Gasteiger charge is -2.16. The van der Waals surface area contributed by atoms with Crippen LogP contribution in [0.2, 0.25) is 0 Å². The summed E-state index contributed by atoms with van der Waals surface area (Å²) in [6.07, 6.45) is 2.97. The van der Waals surface area contributed by atoms with Crippen LogP contribution in [0, 0.1) is 5.41 Å². The number of ketones is 1. The first-order valence-electron chi connectivity index (χ1n) is 8.89. The molecule has 0 atom stereocenters. The zero-order valence-electron chi connectivity index (χ0n) is 15.9. The van der Waals surface area contributed by atoms with Crippen LogP contribution < -0.4 is 10.1 Å². The highest BCUT2D eigenvalue weighted by Crippen LogP contribution is 2.18. The Morgan fingerprint density at radius 2 is 1.83 bits per heavy atom. The molecule has 0 heterocycles. The number of Topliss-reactive ketones (excluding diaryl/α,β-unsaturated/α-hetero) is 1. The van der Waals surface area contributed by atoms with Crippen molar-refractivity contribution in [3.05, 3.63) is 24.3 Å². The van der Waals surface area contributed by atoms with Gasteiger partial charge in [-0.3, -0.25) is 4.79 Å². The van der Waals surface area contributed by atoms with Gasteiger partial charge in [0.25, 0.3) is 0 Å². The van der Waals surface area contributed by atoms with Crippen LogP contribution in [0.15, 0.2) is 24.3 Å². The van der Waals surface area contributed by atoms with Gasteiger partial charge in [-0.2, -0.15) is 0 Å². The van der Waals surface area contributed by atoms with Crippen molar-refractivity contribution in [3.8, 4) is 5.75 Å². The van der Waals surface area contributed by atoms with E-state index in [1.165, 1.54) is 0 Å². The lowest BCUT2D eigenvalue weighted by atomic mass is 9.91. The van der Waals surface area contributed by atoms with Crippen LogP contribution in [0.4, 0.5) is 5.69 Å². The van der Waals surface area contributed by atoms with Crippen molar-refractivity contribution in [2.45, 2.75) is 59.9 Å². The molecule has 0 aliphatic rings. The fraction of sp³-hybridized carbons (Fsp3) is 0.650. The van der Waals surface area contributed by atoms with E-state index in [2.05, 4.69) is 19.2 Å². The molecule has 0 unspecified atom stereocenters. The fourth-order valence-corrected chi connectivity index (χ4v) is 2.06. The van der Waals surface area contributed by atoms with E-state index in [0.717, 1.165) is 30.7 Å². The Bertz CT molecular complexity index is 492. The molecule has 1 aromatic carbocycles. The van der Waals surface area contributed by atoms with Crippen LogP contribution in [-0.2, 0) is 9.53 Å². The monoisotopic (exact) mass is 335 g/mol. The van der Waals surface area contributed by atoms with Crippen molar-refractivity contribution in [2.75, 3.05) is 25.1 Å². The van der Waals surface area contributed by atoms with Crippen LogP contribution in [0.3, 0.4) is 0 Å². The van der Waals surface area contributed by atoms with Crippen molar-refractivity contribution in [1.82, 2.24) is 0 Å². The number of hydrogen-bond donors (Lipinski definition) is 1. The molecule has 0 aliphatic heterocycles. The summed E-state index contributed by atoms with van der Waals surface area (Å²) < 4.78 is 11.2. The van der Waals surface area contributed by atoms with E-state index in [1.807, 2.05) is 45.0 Å². The van der Waals surface area contributed by atoms with Gasteiger partial charge in [0.1, 0.15) is 12.4 Å². The van der Waals surface area contributed by atoms with Gasteiger partial charge in [0, 0.05) is 29.8 Å². The third kappa shape index (κ3) is 8.92. The van der Waals surface area contributed by atoms with Crippen molar-refractivity contribution >= 4 is 11.5 Å². The van der Waals surface area contributed by atoms with E-state index in [4.69, 9.17) is 9.47 Å². The topological polar surface area (TPSA) is 47.6 Å². The summed E-state index contributed by atoms with van der Waals surface area (Å²) in [5, 5.41) is 3.37. The predicted octanol–water partition coefficient (Wildman–Crippen LogP) is 4.69. The summed E-state index contributed by atoms with van der Waals surface area (Å²) in [4.78, 5) is 11.7. The van der Waals surface area contributed by atoms with Crippen LogP contribution in [0.1, 0.15) is 53.9 Å². The molecule has 1 aromatic rings. The highest BCUT2D eigenvalue weighted by Gasteiger charge is 2.20. The van der Waals surface area contributed by atoms with Crippen LogP contribution >= 0.6 is 0 Å². The van der Waals surface area contributed by atoms with Gasteiger partial charge in [0.2, 0.25) is 0 Å². The number of ether oxygens (including phenoxy) is 2. The van der Waals surface area contributed by atoms with Gasteiger partial charge in [-0.25, -0.2) is 0 Å². The van der Waals surface area contributed by atoms with Gasteiger partial charge in [-0.05, 0) is 45.2 Å². The van der Waals surface area contributed by atoms with Gasteiger partial charge in [-0.1, -0.05) is 26.8 Å². The molecular formula is C20H33NO3. The average molecular weight is 335 g/mol. The summed E-state index contributed by atoms with van der Waals surface area (Å²) in [5.41, 5.74) is 0.770. The summed E-state index contributed by atoms with van der Waals surface area (Å²) in [7, 11) is 0. The second kappa shape index (κ2) is 10.3. The lowest BCUT2D eigenvalue weighted by molar-refractivity contribution is -0.131. The minimum absolute atomic E-state index is 0.153. The Balaban J connectivity index is 2.09. The molecule has 0 fully saturated rings. The van der Waals surface area contributed by atoms with Crippen molar-refractivity contribution in [3.63, 3.8) is 0 Å². The van der Waals surface area contributed by atoms with Crippen molar-refractivity contribution in [1.29, 1.82) is 0 Å². The van der Waals surface area contributed by atoms with Gasteiger partial charge >= 0.3 is 0 Å². The molecule has 136 valence electrons. The number of hydrogen-bond acceptors (Lipinski definition) is 4. The first-order valence-corrected chi connectivity index (χ1v) is 8.89. The highest BCUT2D eigenvalue weighted by molar-refractivity contribution is 5.84. The first-order chi connectivity index (χ1) is 11.3. The Kier molecular flexibility index (Phi) is 8.83. The predicted molar refractivity (Wildman–Crippen MR) is 99.8 cm³/mol. The molecule has 0 saturated carbocycles. The summed E-state index contributed by atoms with van der Waals surface area (Å²) in [5.74, 6) is 1.05. The molecule has 0 aromatic heterocycles. The molecule has 4 heteroatoms. The normalized spacial score (nSPS) is 11.6. The number of nitrogens with one attached hydrogen (secondary N) is 1. The molecule has 0 aliphatic carbocycles. The van der Waals surface area contributed by atoms with Crippen LogP contribution in [-0.4, -0.2) is 31.6 Å². The van der Waals surface area contributed by atoms with Gasteiger partial charge in [0.05, 0.1) is 6.61 Å². The quantitative estimate of drug-likeness (QED) is 0.596. The second-order valence-corrected chi connectivity index (χ2v) is 7.46. The Morgan fingerprint density at radius 3 is 2.50 bits per heavy atom. The van der Waals surface area contributed by atoms with E-state index in [-0.39, 0.29) is 17.8 Å². The van der Waals surface area contributed by atoms with Crippen LogP contribution in [0.25, 0.3) is 0 Å². The van der Waals surface area contributed by atoms with E-state index in [0.29, 0.717) is 19.3 Å². The summed E-state index contributed by atoms with van der Waals surface area (Å²) >= 11 is 0. The minimum atomic E-state index is -0.313. The molecule has 24 heavy (non-hydrogen) atoms. The fourth-order valence-electron chi connectivity index (χ4n) is 2.06. The van der Waals surface area contributed by atoms with E-state index >= 15 is 0 Å². The standard InChI is InChI=1S/C20H33NO3/c1-16(2)21-17-10-9-11-18(14-17)24-13-8-6-7-12-23-15-19(22)20(3,4)5/h9-11,14,16,21H,6-8,12-13,15H2,1-5H3. The van der Waals surface area contributed by atoms with Crippen molar-refractivity contribution in [2.24, 2.45) is 5.41 Å². The SMILES string of the molecule is CC(C)Nc1cccc(OCCCCCOCC(=O)C(C)(C)C)c1. The molecular weight excluding hydrogens is 302 g/mol. The number of carbonyl (C=O) groups excluding carboxylic acids is 1. The Morgan fingerprint density at radius 1 is 1.12 bits per heavy atom. The summed E-state index contributed by atoms with van der Waals surface area (Å²) in [6, 6.07) is 8.46. The third-order valence-corrected chi connectivity index (χ3v) is 3.56. The van der Waals surface area contributed by atoms with E-state index in [9.17, 15) is 4.79 Å². The largest absolute Gasteiger partial charge is 0.494 e. The zero-order chi connectivity index (χ0) is 18.0. The number of unbranched alkanes of at least 4 members (excludes halogenated alkanes) is 2. The third-order valence-electron chi connectivity index (χ3n) is 3.56. The minimum Gasteiger partial charge on any atom is -0.494 e. The van der Waals surface area contributed by atoms with E-state index in [1.54, 1.807) is 0 Å². The summed E-state index contributed by atoms with van der Waals surface area (Å²) in [6.45, 7) is 11.5. The molecule has 1 N–H and O–H groups in total. The molecule has 1 rings (SSSR count). The zero-order valence-corrected chi connectivity index (χ0v) is 15.9. The number of anilines is 1. The maximum Gasteiger partial charge on any atom is 0.163 e. The molecule has 0 amide bonds. The Hall–Kier alpha value is -1.55. The maximum absolute atomic E-state index is 11.7. The van der Waals surface area contributed by atoms with E-state index < -0.39 is 0 Å². The number of benzene rings is 1. The molecule has 0 bridgehead atoms.